The number of ether oxygens (including phenoxy) is 3. The minimum atomic E-state index is 0.364. The van der Waals surface area contributed by atoms with Crippen molar-refractivity contribution < 1.29 is 14.2 Å². The van der Waals surface area contributed by atoms with Gasteiger partial charge in [-0.05, 0) is 31.4 Å². The number of rotatable bonds is 7. The van der Waals surface area contributed by atoms with Crippen LogP contribution in [0.4, 0.5) is 5.13 Å². The Labute approximate surface area is 215 Å². The summed E-state index contributed by atoms with van der Waals surface area (Å²) < 4.78 is 20.4. The molecule has 188 valence electrons. The summed E-state index contributed by atoms with van der Waals surface area (Å²) in [5, 5.41) is 10.7. The molecular weight excluding hydrogens is 500 g/mol. The summed E-state index contributed by atoms with van der Waals surface area (Å²) in [4.78, 5) is 16.2. The van der Waals surface area contributed by atoms with Gasteiger partial charge in [0.2, 0.25) is 4.96 Å². The molecule has 6 rings (SSSR count). The number of piperazine rings is 1. The van der Waals surface area contributed by atoms with Gasteiger partial charge in [-0.3, -0.25) is 0 Å². The van der Waals surface area contributed by atoms with E-state index >= 15 is 0 Å². The zero-order chi connectivity index (χ0) is 24.8. The number of hydrogen-bond donors (Lipinski definition) is 0. The third-order valence-corrected chi connectivity index (χ3v) is 8.19. The van der Waals surface area contributed by atoms with Gasteiger partial charge in [0.25, 0.3) is 5.19 Å². The molecule has 5 aromatic rings. The van der Waals surface area contributed by atoms with Crippen LogP contribution in [0, 0.1) is 6.92 Å². The Morgan fingerprint density at radius 3 is 2.50 bits per heavy atom. The van der Waals surface area contributed by atoms with Crippen molar-refractivity contribution in [1.29, 1.82) is 0 Å². The molecule has 0 saturated carbocycles. The van der Waals surface area contributed by atoms with E-state index < -0.39 is 0 Å². The molecular formula is C23H26N8O3S2. The number of thiazole rings is 1. The number of imidazole rings is 1. The smallest absolute Gasteiger partial charge is 0.294 e. The highest BCUT2D eigenvalue weighted by atomic mass is 32.1. The van der Waals surface area contributed by atoms with E-state index in [2.05, 4.69) is 33.9 Å². The van der Waals surface area contributed by atoms with Gasteiger partial charge in [-0.25, -0.2) is 19.0 Å². The lowest BCUT2D eigenvalue weighted by Gasteiger charge is -2.32. The molecule has 1 aliphatic rings. The summed E-state index contributed by atoms with van der Waals surface area (Å²) in [5.41, 5.74) is 3.20. The van der Waals surface area contributed by atoms with Crippen LogP contribution in [-0.2, 0) is 6.61 Å². The third kappa shape index (κ3) is 4.22. The molecule has 5 aromatic heterocycles. The van der Waals surface area contributed by atoms with E-state index in [1.165, 1.54) is 11.3 Å². The second kappa shape index (κ2) is 9.22. The van der Waals surface area contributed by atoms with Gasteiger partial charge in [0.1, 0.15) is 35.0 Å². The SMILES string of the molecule is COc1cc(OCc2nc(N3CCN(C)CC3)sc2C)c2cc(-c3cn4nc(OC)sc4n3)nn2c1. The summed E-state index contributed by atoms with van der Waals surface area (Å²) in [7, 11) is 5.38. The number of hydrogen-bond acceptors (Lipinski definition) is 11. The van der Waals surface area contributed by atoms with Crippen LogP contribution < -0.4 is 19.1 Å². The Morgan fingerprint density at radius 1 is 0.917 bits per heavy atom. The minimum Gasteiger partial charge on any atom is -0.495 e. The van der Waals surface area contributed by atoms with Crippen molar-refractivity contribution in [2.45, 2.75) is 13.5 Å². The normalized spacial score (nSPS) is 14.7. The van der Waals surface area contributed by atoms with Crippen molar-refractivity contribution >= 4 is 38.3 Å². The number of methoxy groups -OCH3 is 2. The van der Waals surface area contributed by atoms with Crippen molar-refractivity contribution in [3.05, 3.63) is 35.1 Å². The first-order valence-electron chi connectivity index (χ1n) is 11.5. The molecule has 1 saturated heterocycles. The molecule has 0 amide bonds. The van der Waals surface area contributed by atoms with E-state index in [9.17, 15) is 0 Å². The third-order valence-electron chi connectivity index (χ3n) is 6.23. The Bertz CT molecular complexity index is 1500. The van der Waals surface area contributed by atoms with Gasteiger partial charge in [0, 0.05) is 37.1 Å². The van der Waals surface area contributed by atoms with Gasteiger partial charge in [0.05, 0.1) is 32.3 Å². The van der Waals surface area contributed by atoms with Crippen LogP contribution in [0.5, 0.6) is 16.7 Å². The van der Waals surface area contributed by atoms with Crippen LogP contribution in [0.3, 0.4) is 0 Å². The molecule has 0 bridgehead atoms. The van der Waals surface area contributed by atoms with E-state index in [0.717, 1.165) is 58.1 Å². The second-order valence-corrected chi connectivity index (χ2v) is 10.7. The number of pyridine rings is 1. The molecule has 1 fully saturated rings. The van der Waals surface area contributed by atoms with E-state index in [4.69, 9.17) is 24.3 Å². The fourth-order valence-electron chi connectivity index (χ4n) is 4.10. The van der Waals surface area contributed by atoms with Crippen LogP contribution in [0.15, 0.2) is 24.5 Å². The Morgan fingerprint density at radius 2 is 1.75 bits per heavy atom. The fourth-order valence-corrected chi connectivity index (χ4v) is 5.77. The lowest BCUT2D eigenvalue weighted by molar-refractivity contribution is 0.300. The van der Waals surface area contributed by atoms with E-state index in [0.29, 0.717) is 29.0 Å². The van der Waals surface area contributed by atoms with Crippen LogP contribution in [0.2, 0.25) is 0 Å². The predicted octanol–water partition coefficient (Wildman–Crippen LogP) is 3.22. The molecule has 0 atom stereocenters. The second-order valence-electron chi connectivity index (χ2n) is 8.61. The topological polar surface area (TPSA) is 94.6 Å². The summed E-state index contributed by atoms with van der Waals surface area (Å²) in [5.74, 6) is 1.32. The van der Waals surface area contributed by atoms with Gasteiger partial charge >= 0.3 is 0 Å². The van der Waals surface area contributed by atoms with Gasteiger partial charge in [-0.15, -0.1) is 16.4 Å². The predicted molar refractivity (Wildman–Crippen MR) is 139 cm³/mol. The molecule has 36 heavy (non-hydrogen) atoms. The zero-order valence-electron chi connectivity index (χ0n) is 20.5. The van der Waals surface area contributed by atoms with Crippen LogP contribution in [0.25, 0.3) is 21.9 Å². The molecule has 0 aromatic carbocycles. The van der Waals surface area contributed by atoms with Gasteiger partial charge < -0.3 is 24.0 Å². The average molecular weight is 527 g/mol. The quantitative estimate of drug-likeness (QED) is 0.317. The van der Waals surface area contributed by atoms with Crippen molar-refractivity contribution in [3.8, 4) is 28.1 Å². The number of anilines is 1. The molecule has 0 aliphatic carbocycles. The summed E-state index contributed by atoms with van der Waals surface area (Å²) in [6.07, 6.45) is 3.66. The summed E-state index contributed by atoms with van der Waals surface area (Å²) >= 11 is 3.10. The van der Waals surface area contributed by atoms with Gasteiger partial charge in [-0.2, -0.15) is 5.10 Å². The Balaban J connectivity index is 1.27. The standard InChI is InChI=1S/C23H26N8O3S2/c1-14-18(25-21(35-14)29-7-5-28(2)6-8-29)13-34-20-9-15(32-3)11-30-19(20)10-16(26-30)17-12-31-22(24-17)36-23(27-31)33-4/h9-12H,5-8,13H2,1-4H3. The van der Waals surface area contributed by atoms with Crippen LogP contribution >= 0.6 is 22.7 Å². The van der Waals surface area contributed by atoms with Gasteiger partial charge in [0.15, 0.2) is 5.13 Å². The van der Waals surface area contributed by atoms with Crippen LogP contribution in [0.1, 0.15) is 10.6 Å². The molecule has 0 spiro atoms. The van der Waals surface area contributed by atoms with Gasteiger partial charge in [-0.1, -0.05) is 0 Å². The minimum absolute atomic E-state index is 0.364. The Kier molecular flexibility index (Phi) is 5.90. The molecule has 0 radical (unpaired) electrons. The maximum Gasteiger partial charge on any atom is 0.294 e. The van der Waals surface area contributed by atoms with Crippen molar-refractivity contribution in [2.24, 2.45) is 0 Å². The number of aromatic nitrogens is 6. The lowest BCUT2D eigenvalue weighted by atomic mass is 10.3. The van der Waals surface area contributed by atoms with E-state index in [1.54, 1.807) is 34.6 Å². The van der Waals surface area contributed by atoms with E-state index in [1.807, 2.05) is 24.5 Å². The van der Waals surface area contributed by atoms with E-state index in [-0.39, 0.29) is 0 Å². The Hall–Kier alpha value is -3.42. The number of fused-ring (bicyclic) bond motifs is 2. The molecule has 13 heteroatoms. The maximum absolute atomic E-state index is 6.29. The fraction of sp³-hybridized carbons (Fsp3) is 0.391. The zero-order valence-corrected chi connectivity index (χ0v) is 22.1. The highest BCUT2D eigenvalue weighted by Gasteiger charge is 2.20. The lowest BCUT2D eigenvalue weighted by Crippen LogP contribution is -2.44. The molecule has 6 heterocycles. The summed E-state index contributed by atoms with van der Waals surface area (Å²) in [6.45, 7) is 6.55. The molecule has 1 aliphatic heterocycles. The molecule has 11 nitrogen and oxygen atoms in total. The number of aryl methyl sites for hydroxylation is 1. The van der Waals surface area contributed by atoms with Crippen molar-refractivity contribution in [3.63, 3.8) is 0 Å². The number of nitrogens with zero attached hydrogens (tertiary/aromatic N) is 8. The molecule has 0 unspecified atom stereocenters. The number of likely N-dealkylation sites (N-methyl/N-ethyl adjacent to an activating group) is 1. The average Bonchev–Trinajstić information content (AvgIpc) is 3.64. The monoisotopic (exact) mass is 526 g/mol. The first kappa shape index (κ1) is 23.0. The van der Waals surface area contributed by atoms with Crippen LogP contribution in [-0.4, -0.2) is 81.5 Å². The maximum atomic E-state index is 6.29. The van der Waals surface area contributed by atoms with Crippen molar-refractivity contribution in [2.75, 3.05) is 52.3 Å². The largest absolute Gasteiger partial charge is 0.495 e. The first-order valence-corrected chi connectivity index (χ1v) is 13.1. The highest BCUT2D eigenvalue weighted by molar-refractivity contribution is 7.18. The summed E-state index contributed by atoms with van der Waals surface area (Å²) in [6, 6.07) is 3.84. The highest BCUT2D eigenvalue weighted by Crippen LogP contribution is 2.32. The van der Waals surface area contributed by atoms with Crippen molar-refractivity contribution in [1.82, 2.24) is 34.1 Å². The first-order chi connectivity index (χ1) is 17.5. The molecule has 0 N–H and O–H groups in total.